The Morgan fingerprint density at radius 2 is 1.23 bits per heavy atom. The molecule has 0 unspecified atom stereocenters. The largest absolute Gasteiger partial charge is 2.00 e. The summed E-state index contributed by atoms with van der Waals surface area (Å²) in [5, 5.41) is 18.8. The third kappa shape index (κ3) is 35.5. The van der Waals surface area contributed by atoms with Crippen molar-refractivity contribution in [2.75, 3.05) is 0 Å². The molecule has 0 radical (unpaired) electrons. The van der Waals surface area contributed by atoms with Gasteiger partial charge in [-0.1, -0.05) is 12.2 Å². The molecule has 0 amide bonds. The summed E-state index contributed by atoms with van der Waals surface area (Å²) in [5.41, 5.74) is 0. The molecule has 0 aromatic rings. The Balaban J connectivity index is -0.000000143. The molecule has 68 valence electrons. The van der Waals surface area contributed by atoms with Crippen LogP contribution < -0.4 is 10.2 Å². The van der Waals surface area contributed by atoms with Crippen LogP contribution >= 0.6 is 0 Å². The summed E-state index contributed by atoms with van der Waals surface area (Å²) in [6.07, 6.45) is 2.46. The summed E-state index contributed by atoms with van der Waals surface area (Å²) in [6.45, 7) is 6.36. The van der Waals surface area contributed by atoms with Gasteiger partial charge in [0.2, 0.25) is 0 Å². The Morgan fingerprint density at radius 3 is 1.23 bits per heavy atom. The molecule has 0 saturated carbocycles. The van der Waals surface area contributed by atoms with E-state index in [0.717, 1.165) is 0 Å². The van der Waals surface area contributed by atoms with E-state index < -0.39 is 11.9 Å². The van der Waals surface area contributed by atoms with Gasteiger partial charge in [0.05, 0.1) is 0 Å². The minimum absolute atomic E-state index is 0. The van der Waals surface area contributed by atoms with Crippen molar-refractivity contribution in [2.45, 2.75) is 12.8 Å². The van der Waals surface area contributed by atoms with E-state index in [1.54, 1.807) is 0 Å². The standard InChI is InChI=1S/2C4H6O2.Zn/c2*1-2-3-4(5)6;/h2*2H,1,3H2,(H,5,6);/q;;+2/p-2. The number of carbonyl (C=O) groups excluding carboxylic acids is 2. The number of carboxylic acid groups (broad SMARTS) is 2. The summed E-state index contributed by atoms with van der Waals surface area (Å²) in [5.74, 6) is -2.16. The maximum atomic E-state index is 9.42. The first-order valence-electron chi connectivity index (χ1n) is 3.16. The molecular weight excluding hydrogens is 225 g/mol. The van der Waals surface area contributed by atoms with Crippen molar-refractivity contribution >= 4 is 11.9 Å². The first-order chi connectivity index (χ1) is 5.54. The van der Waals surface area contributed by atoms with Crippen molar-refractivity contribution in [1.29, 1.82) is 0 Å². The van der Waals surface area contributed by atoms with Crippen molar-refractivity contribution < 1.29 is 39.3 Å². The van der Waals surface area contributed by atoms with Crippen molar-refractivity contribution in [3.63, 3.8) is 0 Å². The Labute approximate surface area is 89.7 Å². The Morgan fingerprint density at radius 1 is 1.00 bits per heavy atom. The van der Waals surface area contributed by atoms with E-state index in [1.165, 1.54) is 12.2 Å². The number of carbonyl (C=O) groups is 2. The minimum atomic E-state index is -1.08. The zero-order valence-electron chi connectivity index (χ0n) is 7.32. The molecule has 0 fully saturated rings. The van der Waals surface area contributed by atoms with E-state index in [-0.39, 0.29) is 32.3 Å². The van der Waals surface area contributed by atoms with Crippen LogP contribution in [0.4, 0.5) is 0 Å². The van der Waals surface area contributed by atoms with E-state index >= 15 is 0 Å². The SMILES string of the molecule is C=CCC(=O)[O-].C=CCC(=O)[O-].[Zn+2]. The molecule has 0 aromatic carbocycles. The van der Waals surface area contributed by atoms with Gasteiger partial charge in [-0.25, -0.2) is 0 Å². The van der Waals surface area contributed by atoms with Gasteiger partial charge in [-0.05, 0) is 0 Å². The first-order valence-corrected chi connectivity index (χ1v) is 3.16. The fourth-order valence-electron chi connectivity index (χ4n) is 0.236. The van der Waals surface area contributed by atoms with Gasteiger partial charge in [0, 0.05) is 24.8 Å². The molecule has 0 aromatic heterocycles. The van der Waals surface area contributed by atoms with Gasteiger partial charge in [-0.2, -0.15) is 0 Å². The van der Waals surface area contributed by atoms with Crippen molar-refractivity contribution in [1.82, 2.24) is 0 Å². The molecule has 0 atom stereocenters. The molecule has 0 heterocycles. The van der Waals surface area contributed by atoms with Crippen molar-refractivity contribution in [3.05, 3.63) is 25.3 Å². The minimum Gasteiger partial charge on any atom is -0.550 e. The summed E-state index contributed by atoms with van der Waals surface area (Å²) in [7, 11) is 0. The molecule has 0 aliphatic carbocycles. The van der Waals surface area contributed by atoms with Crippen LogP contribution in [0, 0.1) is 0 Å². The van der Waals surface area contributed by atoms with Crippen LogP contribution in [0.2, 0.25) is 0 Å². The second kappa shape index (κ2) is 13.6. The summed E-state index contributed by atoms with van der Waals surface area (Å²) in [6, 6.07) is 0. The molecule has 4 nitrogen and oxygen atoms in total. The molecule has 5 heteroatoms. The Bertz CT molecular complexity index is 157. The Hall–Kier alpha value is -0.957. The quantitative estimate of drug-likeness (QED) is 0.444. The van der Waals surface area contributed by atoms with E-state index in [2.05, 4.69) is 13.2 Å². The summed E-state index contributed by atoms with van der Waals surface area (Å²) in [4.78, 5) is 18.8. The van der Waals surface area contributed by atoms with Crippen LogP contribution in [-0.4, -0.2) is 11.9 Å². The molecule has 0 rings (SSSR count). The van der Waals surface area contributed by atoms with Gasteiger partial charge in [-0.3, -0.25) is 0 Å². The van der Waals surface area contributed by atoms with Crippen LogP contribution in [0.3, 0.4) is 0 Å². The third-order valence-electron chi connectivity index (χ3n) is 0.622. The average Bonchev–Trinajstić information content (AvgIpc) is 1.87. The third-order valence-corrected chi connectivity index (χ3v) is 0.622. The maximum Gasteiger partial charge on any atom is 2.00 e. The molecule has 13 heavy (non-hydrogen) atoms. The monoisotopic (exact) mass is 234 g/mol. The Kier molecular flexibility index (Phi) is 18.8. The maximum absolute atomic E-state index is 9.42. The van der Waals surface area contributed by atoms with Crippen LogP contribution in [-0.2, 0) is 29.1 Å². The van der Waals surface area contributed by atoms with Gasteiger partial charge in [-0.15, -0.1) is 13.2 Å². The van der Waals surface area contributed by atoms with Crippen LogP contribution in [0.5, 0.6) is 0 Å². The number of carboxylic acids is 2. The second-order valence-electron chi connectivity index (χ2n) is 1.73. The molecule has 0 aliphatic rings. The smallest absolute Gasteiger partial charge is 0.550 e. The number of aliphatic carboxylic acids is 2. The molecule has 0 N–H and O–H groups in total. The second-order valence-corrected chi connectivity index (χ2v) is 1.73. The van der Waals surface area contributed by atoms with Gasteiger partial charge in [0.1, 0.15) is 0 Å². The number of rotatable bonds is 4. The van der Waals surface area contributed by atoms with Crippen LogP contribution in [0.1, 0.15) is 12.8 Å². The van der Waals surface area contributed by atoms with Crippen molar-refractivity contribution in [2.24, 2.45) is 0 Å². The van der Waals surface area contributed by atoms with E-state index in [4.69, 9.17) is 0 Å². The van der Waals surface area contributed by atoms with Crippen LogP contribution in [0.15, 0.2) is 25.3 Å². The predicted molar refractivity (Wildman–Crippen MR) is 39.6 cm³/mol. The zero-order valence-corrected chi connectivity index (χ0v) is 10.3. The molecule has 0 saturated heterocycles. The fourth-order valence-corrected chi connectivity index (χ4v) is 0.236. The normalized spacial score (nSPS) is 6.77. The fraction of sp³-hybridized carbons (Fsp3) is 0.250. The van der Waals surface area contributed by atoms with E-state index in [1.807, 2.05) is 0 Å². The van der Waals surface area contributed by atoms with Crippen molar-refractivity contribution in [3.8, 4) is 0 Å². The van der Waals surface area contributed by atoms with E-state index in [0.29, 0.717) is 0 Å². The zero-order chi connectivity index (χ0) is 9.98. The summed E-state index contributed by atoms with van der Waals surface area (Å²) >= 11 is 0. The first kappa shape index (κ1) is 18.0. The van der Waals surface area contributed by atoms with Gasteiger partial charge < -0.3 is 19.8 Å². The molecule has 0 spiro atoms. The average molecular weight is 236 g/mol. The molecule has 0 aliphatic heterocycles. The number of hydrogen-bond acceptors (Lipinski definition) is 4. The molecular formula is C8H10O4Zn. The van der Waals surface area contributed by atoms with Gasteiger partial charge in [0.15, 0.2) is 0 Å². The van der Waals surface area contributed by atoms with Gasteiger partial charge >= 0.3 is 19.5 Å². The summed E-state index contributed by atoms with van der Waals surface area (Å²) < 4.78 is 0. The van der Waals surface area contributed by atoms with Gasteiger partial charge in [0.25, 0.3) is 0 Å². The topological polar surface area (TPSA) is 80.3 Å². The van der Waals surface area contributed by atoms with Crippen LogP contribution in [0.25, 0.3) is 0 Å². The predicted octanol–water partition coefficient (Wildman–Crippen LogP) is -1.38. The van der Waals surface area contributed by atoms with E-state index in [9.17, 15) is 19.8 Å². The number of hydrogen-bond donors (Lipinski definition) is 0. The molecule has 0 bridgehead atoms.